The lowest BCUT2D eigenvalue weighted by molar-refractivity contribution is 0.351. The first-order valence-electron chi connectivity index (χ1n) is 8.09. The molecule has 0 amide bonds. The van der Waals surface area contributed by atoms with Crippen molar-refractivity contribution in [2.24, 2.45) is 5.92 Å². The number of nitrogens with zero attached hydrogens (tertiary/aromatic N) is 3. The van der Waals surface area contributed by atoms with Gasteiger partial charge in [0.15, 0.2) is 0 Å². The van der Waals surface area contributed by atoms with Crippen LogP contribution in [0.1, 0.15) is 39.0 Å². The Balaban J connectivity index is 1.92. The van der Waals surface area contributed by atoms with E-state index in [9.17, 15) is 4.79 Å². The van der Waals surface area contributed by atoms with Crippen LogP contribution in [0.15, 0.2) is 17.1 Å². The summed E-state index contributed by atoms with van der Waals surface area (Å²) in [5.41, 5.74) is 0.858. The average molecular weight is 292 g/mol. The van der Waals surface area contributed by atoms with E-state index in [-0.39, 0.29) is 5.56 Å². The fourth-order valence-electron chi connectivity index (χ4n) is 3.11. The fourth-order valence-corrected chi connectivity index (χ4v) is 3.11. The second kappa shape index (κ2) is 7.59. The van der Waals surface area contributed by atoms with Crippen LogP contribution in [0.2, 0.25) is 0 Å². The van der Waals surface area contributed by atoms with Crippen molar-refractivity contribution in [3.63, 3.8) is 0 Å². The molecule has 0 aromatic carbocycles. The quantitative estimate of drug-likeness (QED) is 0.833. The molecule has 2 unspecified atom stereocenters. The molecule has 5 nitrogen and oxygen atoms in total. The summed E-state index contributed by atoms with van der Waals surface area (Å²) < 4.78 is 1.60. The zero-order valence-electron chi connectivity index (χ0n) is 13.5. The highest BCUT2D eigenvalue weighted by atomic mass is 16.1. The molecule has 0 spiro atoms. The standard InChI is InChI=1S/C16H28N4O/c1-4-9-17-15-7-5-6-13(15)8-10-20-16(21)11-14(12-18-20)19(2)3/h11-13,15,17H,4-10H2,1-3H3. The third kappa shape index (κ3) is 4.30. The topological polar surface area (TPSA) is 50.2 Å². The second-order valence-electron chi connectivity index (χ2n) is 6.21. The van der Waals surface area contributed by atoms with Gasteiger partial charge in [0, 0.05) is 32.7 Å². The molecule has 1 saturated carbocycles. The number of aryl methyl sites for hydroxylation is 1. The maximum absolute atomic E-state index is 12.1. The maximum Gasteiger partial charge on any atom is 0.268 e. The number of nitrogens with one attached hydrogen (secondary N) is 1. The van der Waals surface area contributed by atoms with E-state index in [4.69, 9.17) is 0 Å². The zero-order chi connectivity index (χ0) is 15.2. The van der Waals surface area contributed by atoms with Crippen LogP contribution in [0.25, 0.3) is 0 Å². The molecule has 1 N–H and O–H groups in total. The number of hydrogen-bond acceptors (Lipinski definition) is 4. The molecule has 1 heterocycles. The summed E-state index contributed by atoms with van der Waals surface area (Å²) in [4.78, 5) is 14.0. The van der Waals surface area contributed by atoms with Gasteiger partial charge < -0.3 is 10.2 Å². The number of rotatable bonds is 7. The van der Waals surface area contributed by atoms with Gasteiger partial charge in [-0.05, 0) is 38.1 Å². The molecule has 1 aromatic rings. The predicted octanol–water partition coefficient (Wildman–Crippen LogP) is 1.87. The van der Waals surface area contributed by atoms with E-state index in [1.807, 2.05) is 19.0 Å². The van der Waals surface area contributed by atoms with Gasteiger partial charge in [-0.15, -0.1) is 0 Å². The Labute approximate surface area is 127 Å². The van der Waals surface area contributed by atoms with E-state index in [2.05, 4.69) is 17.3 Å². The summed E-state index contributed by atoms with van der Waals surface area (Å²) in [6.07, 6.45) is 7.82. The van der Waals surface area contributed by atoms with Crippen LogP contribution in [-0.2, 0) is 6.54 Å². The molecule has 21 heavy (non-hydrogen) atoms. The van der Waals surface area contributed by atoms with Gasteiger partial charge in [0.25, 0.3) is 5.56 Å². The van der Waals surface area contributed by atoms with Crippen LogP contribution in [-0.4, -0.2) is 36.5 Å². The summed E-state index contributed by atoms with van der Waals surface area (Å²) >= 11 is 0. The fraction of sp³-hybridized carbons (Fsp3) is 0.750. The van der Waals surface area contributed by atoms with Crippen molar-refractivity contribution in [3.8, 4) is 0 Å². The monoisotopic (exact) mass is 292 g/mol. The summed E-state index contributed by atoms with van der Waals surface area (Å²) in [6.45, 7) is 4.02. The molecule has 2 atom stereocenters. The van der Waals surface area contributed by atoms with Gasteiger partial charge in [-0.3, -0.25) is 4.79 Å². The Morgan fingerprint density at radius 2 is 2.24 bits per heavy atom. The average Bonchev–Trinajstić information content (AvgIpc) is 2.91. The Morgan fingerprint density at radius 1 is 1.43 bits per heavy atom. The minimum absolute atomic E-state index is 0.00253. The van der Waals surface area contributed by atoms with Crippen LogP contribution in [0.4, 0.5) is 5.69 Å². The predicted molar refractivity (Wildman–Crippen MR) is 86.9 cm³/mol. The summed E-state index contributed by atoms with van der Waals surface area (Å²) in [6, 6.07) is 2.29. The van der Waals surface area contributed by atoms with Gasteiger partial charge in [0.2, 0.25) is 0 Å². The molecule has 1 aliphatic carbocycles. The lowest BCUT2D eigenvalue weighted by Crippen LogP contribution is -2.34. The number of aromatic nitrogens is 2. The van der Waals surface area contributed by atoms with E-state index in [1.54, 1.807) is 16.9 Å². The Kier molecular flexibility index (Phi) is 5.79. The molecular formula is C16H28N4O. The zero-order valence-corrected chi connectivity index (χ0v) is 13.5. The van der Waals surface area contributed by atoms with Gasteiger partial charge in [0.05, 0.1) is 11.9 Å². The lowest BCUT2D eigenvalue weighted by atomic mass is 9.99. The normalized spacial score (nSPS) is 21.7. The minimum atomic E-state index is -0.00253. The molecule has 5 heteroatoms. The van der Waals surface area contributed by atoms with Crippen molar-refractivity contribution >= 4 is 5.69 Å². The largest absolute Gasteiger partial charge is 0.376 e. The van der Waals surface area contributed by atoms with Crippen molar-refractivity contribution < 1.29 is 0 Å². The van der Waals surface area contributed by atoms with Crippen LogP contribution >= 0.6 is 0 Å². The molecule has 1 fully saturated rings. The van der Waals surface area contributed by atoms with Gasteiger partial charge >= 0.3 is 0 Å². The SMILES string of the molecule is CCCNC1CCCC1CCn1ncc(N(C)C)cc1=O. The smallest absolute Gasteiger partial charge is 0.268 e. The highest BCUT2D eigenvalue weighted by Crippen LogP contribution is 2.28. The van der Waals surface area contributed by atoms with Crippen molar-refractivity contribution in [3.05, 3.63) is 22.6 Å². The first kappa shape index (κ1) is 16.0. The van der Waals surface area contributed by atoms with Crippen LogP contribution in [0, 0.1) is 5.92 Å². The third-order valence-corrected chi connectivity index (χ3v) is 4.40. The molecule has 0 saturated heterocycles. The van der Waals surface area contributed by atoms with Gasteiger partial charge in [-0.1, -0.05) is 13.3 Å². The van der Waals surface area contributed by atoms with E-state index in [0.29, 0.717) is 12.0 Å². The molecular weight excluding hydrogens is 264 g/mol. The molecule has 2 rings (SSSR count). The molecule has 0 radical (unpaired) electrons. The Bertz CT molecular complexity index is 497. The van der Waals surface area contributed by atoms with E-state index in [1.165, 1.54) is 25.7 Å². The van der Waals surface area contributed by atoms with Crippen molar-refractivity contribution in [2.75, 3.05) is 25.5 Å². The summed E-state index contributed by atoms with van der Waals surface area (Å²) in [5, 5.41) is 7.93. The molecule has 1 aliphatic rings. The van der Waals surface area contributed by atoms with E-state index < -0.39 is 0 Å². The first-order chi connectivity index (χ1) is 10.1. The molecule has 1 aromatic heterocycles. The summed E-state index contributed by atoms with van der Waals surface area (Å²) in [7, 11) is 3.84. The van der Waals surface area contributed by atoms with Gasteiger partial charge in [0.1, 0.15) is 0 Å². The van der Waals surface area contributed by atoms with Gasteiger partial charge in [-0.2, -0.15) is 5.10 Å². The van der Waals surface area contributed by atoms with Gasteiger partial charge in [-0.25, -0.2) is 4.68 Å². The molecule has 118 valence electrons. The van der Waals surface area contributed by atoms with E-state index >= 15 is 0 Å². The highest BCUT2D eigenvalue weighted by Gasteiger charge is 2.26. The van der Waals surface area contributed by atoms with E-state index in [0.717, 1.165) is 25.2 Å². The Morgan fingerprint density at radius 3 is 2.90 bits per heavy atom. The maximum atomic E-state index is 12.1. The lowest BCUT2D eigenvalue weighted by Gasteiger charge is -2.21. The first-order valence-corrected chi connectivity index (χ1v) is 8.09. The second-order valence-corrected chi connectivity index (χ2v) is 6.21. The van der Waals surface area contributed by atoms with Crippen LogP contribution in [0.5, 0.6) is 0 Å². The number of anilines is 1. The number of hydrogen-bond donors (Lipinski definition) is 1. The molecule has 0 bridgehead atoms. The van der Waals surface area contributed by atoms with Crippen LogP contribution < -0.4 is 15.8 Å². The molecule has 0 aliphatic heterocycles. The van der Waals surface area contributed by atoms with Crippen molar-refractivity contribution in [1.82, 2.24) is 15.1 Å². The Hall–Kier alpha value is -1.36. The van der Waals surface area contributed by atoms with Crippen LogP contribution in [0.3, 0.4) is 0 Å². The van der Waals surface area contributed by atoms with Crippen molar-refractivity contribution in [2.45, 2.75) is 51.6 Å². The van der Waals surface area contributed by atoms with Crippen molar-refractivity contribution in [1.29, 1.82) is 0 Å². The summed E-state index contributed by atoms with van der Waals surface area (Å²) in [5.74, 6) is 0.679. The third-order valence-electron chi connectivity index (χ3n) is 4.40. The highest BCUT2D eigenvalue weighted by molar-refractivity contribution is 5.40. The minimum Gasteiger partial charge on any atom is -0.376 e.